The summed E-state index contributed by atoms with van der Waals surface area (Å²) in [5.41, 5.74) is 1.85. The summed E-state index contributed by atoms with van der Waals surface area (Å²) in [7, 11) is 0. The Morgan fingerprint density at radius 1 is 1.40 bits per heavy atom. The number of hydrogen-bond donors (Lipinski definition) is 0. The van der Waals surface area contributed by atoms with Crippen LogP contribution in [0.25, 0.3) is 15.2 Å². The van der Waals surface area contributed by atoms with Crippen LogP contribution in [-0.2, 0) is 0 Å². The minimum absolute atomic E-state index is 0. The van der Waals surface area contributed by atoms with Crippen molar-refractivity contribution >= 4 is 38.9 Å². The summed E-state index contributed by atoms with van der Waals surface area (Å²) in [6, 6.07) is 4.81. The van der Waals surface area contributed by atoms with Gasteiger partial charge in [-0.2, -0.15) is 0 Å². The van der Waals surface area contributed by atoms with Crippen molar-refractivity contribution in [3.05, 3.63) is 35.9 Å². The number of nitrogens with zero attached hydrogens (tertiary/aromatic N) is 2. The molecular formula is C10H8ClFN2S. The van der Waals surface area contributed by atoms with E-state index in [1.807, 2.05) is 17.5 Å². The third-order valence-electron chi connectivity index (χ3n) is 2.18. The number of thiazole rings is 1. The van der Waals surface area contributed by atoms with Gasteiger partial charge in [-0.05, 0) is 25.1 Å². The lowest BCUT2D eigenvalue weighted by Gasteiger charge is -1.90. The molecule has 2 nitrogen and oxygen atoms in total. The van der Waals surface area contributed by atoms with Gasteiger partial charge in [0, 0.05) is 6.20 Å². The highest BCUT2D eigenvalue weighted by molar-refractivity contribution is 7.23. The molecular weight excluding hydrogens is 235 g/mol. The maximum Gasteiger partial charge on any atom is 0.194 e. The van der Waals surface area contributed by atoms with E-state index in [9.17, 15) is 4.39 Å². The number of aryl methyl sites for hydroxylation is 1. The summed E-state index contributed by atoms with van der Waals surface area (Å²) in [6.45, 7) is 1.94. The highest BCUT2D eigenvalue weighted by Crippen LogP contribution is 2.26. The maximum absolute atomic E-state index is 13.0. The molecule has 2 heterocycles. The standard InChI is InChI=1S/C10H7FN2S.ClH/c1-6-5-13-8-4-7(11)2-3-9(8)14-10(13)12-6;/h2-5H,1H3;1H. The van der Waals surface area contributed by atoms with Crippen LogP contribution in [0.4, 0.5) is 4.39 Å². The molecule has 0 spiro atoms. The van der Waals surface area contributed by atoms with Crippen LogP contribution in [0.2, 0.25) is 0 Å². The first-order chi connectivity index (χ1) is 6.74. The molecule has 0 fully saturated rings. The number of rotatable bonds is 0. The Morgan fingerprint density at radius 3 is 3.00 bits per heavy atom. The zero-order valence-electron chi connectivity index (χ0n) is 7.90. The van der Waals surface area contributed by atoms with Crippen LogP contribution in [-0.4, -0.2) is 9.38 Å². The zero-order valence-corrected chi connectivity index (χ0v) is 9.53. The average Bonchev–Trinajstić information content (AvgIpc) is 2.62. The fraction of sp³-hybridized carbons (Fsp3) is 0.100. The topological polar surface area (TPSA) is 17.3 Å². The summed E-state index contributed by atoms with van der Waals surface area (Å²) in [4.78, 5) is 5.26. The minimum atomic E-state index is -0.205. The Morgan fingerprint density at radius 2 is 2.20 bits per heavy atom. The van der Waals surface area contributed by atoms with Crippen molar-refractivity contribution in [1.82, 2.24) is 9.38 Å². The van der Waals surface area contributed by atoms with Gasteiger partial charge in [-0.25, -0.2) is 9.37 Å². The highest BCUT2D eigenvalue weighted by atomic mass is 35.5. The van der Waals surface area contributed by atoms with E-state index in [2.05, 4.69) is 4.98 Å². The van der Waals surface area contributed by atoms with E-state index in [0.29, 0.717) is 0 Å². The van der Waals surface area contributed by atoms with Gasteiger partial charge in [-0.1, -0.05) is 11.3 Å². The van der Waals surface area contributed by atoms with E-state index in [1.54, 1.807) is 23.5 Å². The molecule has 0 bridgehead atoms. The predicted molar refractivity (Wildman–Crippen MR) is 62.5 cm³/mol. The van der Waals surface area contributed by atoms with Gasteiger partial charge in [-0.15, -0.1) is 12.4 Å². The molecule has 0 aliphatic carbocycles. The van der Waals surface area contributed by atoms with Gasteiger partial charge in [0.2, 0.25) is 0 Å². The van der Waals surface area contributed by atoms with Gasteiger partial charge in [0.1, 0.15) is 5.82 Å². The first-order valence-electron chi connectivity index (χ1n) is 4.28. The Hall–Kier alpha value is -1.13. The van der Waals surface area contributed by atoms with Crippen LogP contribution < -0.4 is 0 Å². The molecule has 0 aliphatic rings. The molecule has 78 valence electrons. The number of imidazole rings is 1. The summed E-state index contributed by atoms with van der Waals surface area (Å²) in [5, 5.41) is 0. The number of benzene rings is 1. The van der Waals surface area contributed by atoms with Crippen LogP contribution in [0, 0.1) is 12.7 Å². The van der Waals surface area contributed by atoms with E-state index in [4.69, 9.17) is 0 Å². The molecule has 1 aromatic carbocycles. The van der Waals surface area contributed by atoms with E-state index in [0.717, 1.165) is 20.9 Å². The van der Waals surface area contributed by atoms with Gasteiger partial charge in [0.05, 0.1) is 15.9 Å². The lowest BCUT2D eigenvalue weighted by atomic mass is 10.3. The lowest BCUT2D eigenvalue weighted by Crippen LogP contribution is -1.78. The summed E-state index contributed by atoms with van der Waals surface area (Å²) in [6.07, 6.45) is 1.92. The van der Waals surface area contributed by atoms with E-state index in [1.165, 1.54) is 6.07 Å². The van der Waals surface area contributed by atoms with Crippen molar-refractivity contribution in [1.29, 1.82) is 0 Å². The molecule has 3 aromatic rings. The number of aromatic nitrogens is 2. The molecule has 5 heteroatoms. The minimum Gasteiger partial charge on any atom is -0.290 e. The molecule has 0 amide bonds. The molecule has 0 saturated heterocycles. The Balaban J connectivity index is 0.000000853. The molecule has 0 atom stereocenters. The zero-order chi connectivity index (χ0) is 9.71. The van der Waals surface area contributed by atoms with E-state index >= 15 is 0 Å². The lowest BCUT2D eigenvalue weighted by molar-refractivity contribution is 0.629. The summed E-state index contributed by atoms with van der Waals surface area (Å²) >= 11 is 1.58. The van der Waals surface area contributed by atoms with Gasteiger partial charge in [0.15, 0.2) is 4.96 Å². The van der Waals surface area contributed by atoms with Crippen molar-refractivity contribution in [2.75, 3.05) is 0 Å². The fourth-order valence-corrected chi connectivity index (χ4v) is 2.62. The average molecular weight is 243 g/mol. The van der Waals surface area contributed by atoms with E-state index in [-0.39, 0.29) is 18.2 Å². The molecule has 0 saturated carbocycles. The first-order valence-corrected chi connectivity index (χ1v) is 5.09. The number of hydrogen-bond acceptors (Lipinski definition) is 2. The van der Waals surface area contributed by atoms with Gasteiger partial charge < -0.3 is 0 Å². The number of fused-ring (bicyclic) bond motifs is 3. The molecule has 0 unspecified atom stereocenters. The second-order valence-corrected chi connectivity index (χ2v) is 4.26. The van der Waals surface area contributed by atoms with E-state index < -0.39 is 0 Å². The molecule has 0 radical (unpaired) electrons. The van der Waals surface area contributed by atoms with Crippen LogP contribution in [0.3, 0.4) is 0 Å². The quantitative estimate of drug-likeness (QED) is 0.591. The SMILES string of the molecule is Cc1cn2c(n1)sc1ccc(F)cc12.Cl. The van der Waals surface area contributed by atoms with Crippen molar-refractivity contribution in [3.63, 3.8) is 0 Å². The third kappa shape index (κ3) is 1.50. The van der Waals surface area contributed by atoms with Crippen LogP contribution in [0.15, 0.2) is 24.4 Å². The maximum atomic E-state index is 13.0. The second kappa shape index (κ2) is 3.47. The molecule has 0 N–H and O–H groups in total. The second-order valence-electron chi connectivity index (χ2n) is 3.25. The Labute approximate surface area is 95.8 Å². The van der Waals surface area contributed by atoms with Crippen LogP contribution in [0.5, 0.6) is 0 Å². The monoisotopic (exact) mass is 242 g/mol. The van der Waals surface area contributed by atoms with Crippen molar-refractivity contribution in [3.8, 4) is 0 Å². The van der Waals surface area contributed by atoms with Gasteiger partial charge >= 0.3 is 0 Å². The summed E-state index contributed by atoms with van der Waals surface area (Å²) < 4.78 is 16.0. The largest absolute Gasteiger partial charge is 0.290 e. The van der Waals surface area contributed by atoms with Crippen molar-refractivity contribution in [2.45, 2.75) is 6.92 Å². The van der Waals surface area contributed by atoms with Crippen LogP contribution >= 0.6 is 23.7 Å². The Bertz CT molecular complexity index is 629. The number of halogens is 2. The van der Waals surface area contributed by atoms with Crippen molar-refractivity contribution < 1.29 is 4.39 Å². The van der Waals surface area contributed by atoms with Crippen molar-refractivity contribution in [2.24, 2.45) is 0 Å². The Kier molecular flexibility index (Phi) is 2.40. The third-order valence-corrected chi connectivity index (χ3v) is 3.21. The molecule has 2 aromatic heterocycles. The first kappa shape index (κ1) is 10.4. The smallest absolute Gasteiger partial charge is 0.194 e. The predicted octanol–water partition coefficient (Wildman–Crippen LogP) is 3.42. The fourth-order valence-electron chi connectivity index (χ4n) is 1.58. The normalized spacial score (nSPS) is 10.8. The molecule has 15 heavy (non-hydrogen) atoms. The van der Waals surface area contributed by atoms with Gasteiger partial charge in [-0.3, -0.25) is 4.40 Å². The van der Waals surface area contributed by atoms with Crippen LogP contribution in [0.1, 0.15) is 5.69 Å². The summed E-state index contributed by atoms with van der Waals surface area (Å²) in [5.74, 6) is -0.205. The van der Waals surface area contributed by atoms with Gasteiger partial charge in [0.25, 0.3) is 0 Å². The highest BCUT2D eigenvalue weighted by Gasteiger charge is 2.07. The molecule has 3 rings (SSSR count). The molecule has 0 aliphatic heterocycles.